The standard InChI is InChI=1S/C12H15N3S/c13-12(9-1-2-9)10-3-4-15(6-10)7-11-5-14-8-16-11/h3-6,8-9,12H,1-2,7,13H2. The molecule has 0 amide bonds. The summed E-state index contributed by atoms with van der Waals surface area (Å²) < 4.78 is 2.19. The zero-order chi connectivity index (χ0) is 11.0. The van der Waals surface area contributed by atoms with Crippen molar-refractivity contribution in [1.29, 1.82) is 0 Å². The summed E-state index contributed by atoms with van der Waals surface area (Å²) in [6.45, 7) is 0.905. The Kier molecular flexibility index (Phi) is 2.53. The van der Waals surface area contributed by atoms with Gasteiger partial charge in [0.05, 0.1) is 12.1 Å². The van der Waals surface area contributed by atoms with Crippen molar-refractivity contribution in [2.45, 2.75) is 25.4 Å². The average Bonchev–Trinajstić information content (AvgIpc) is 2.82. The second-order valence-electron chi connectivity index (χ2n) is 4.45. The maximum Gasteiger partial charge on any atom is 0.0794 e. The molecule has 1 saturated carbocycles. The highest BCUT2D eigenvalue weighted by Crippen LogP contribution is 2.39. The normalized spacial score (nSPS) is 17.6. The summed E-state index contributed by atoms with van der Waals surface area (Å²) in [5.74, 6) is 0.722. The summed E-state index contributed by atoms with van der Waals surface area (Å²) in [4.78, 5) is 5.36. The zero-order valence-electron chi connectivity index (χ0n) is 9.04. The molecule has 2 N–H and O–H groups in total. The molecule has 0 aromatic carbocycles. The molecule has 1 aliphatic carbocycles. The Morgan fingerprint density at radius 3 is 3.12 bits per heavy atom. The van der Waals surface area contributed by atoms with Gasteiger partial charge in [-0.2, -0.15) is 0 Å². The van der Waals surface area contributed by atoms with Crippen molar-refractivity contribution in [3.63, 3.8) is 0 Å². The van der Waals surface area contributed by atoms with E-state index in [0.29, 0.717) is 0 Å². The van der Waals surface area contributed by atoms with Crippen LogP contribution in [-0.2, 0) is 6.54 Å². The number of nitrogens with two attached hydrogens (primary N) is 1. The Bertz CT molecular complexity index is 456. The van der Waals surface area contributed by atoms with Crippen LogP contribution >= 0.6 is 11.3 Å². The monoisotopic (exact) mass is 233 g/mol. The third-order valence-corrected chi connectivity index (χ3v) is 3.87. The van der Waals surface area contributed by atoms with Gasteiger partial charge in [0.25, 0.3) is 0 Å². The van der Waals surface area contributed by atoms with Crippen LogP contribution in [0.4, 0.5) is 0 Å². The first kappa shape index (κ1) is 10.1. The van der Waals surface area contributed by atoms with Crippen molar-refractivity contribution >= 4 is 11.3 Å². The summed E-state index contributed by atoms with van der Waals surface area (Å²) in [7, 11) is 0. The lowest BCUT2D eigenvalue weighted by Gasteiger charge is -2.07. The lowest BCUT2D eigenvalue weighted by atomic mass is 10.1. The summed E-state index contributed by atoms with van der Waals surface area (Å²) >= 11 is 1.69. The molecule has 2 aromatic rings. The van der Waals surface area contributed by atoms with Gasteiger partial charge >= 0.3 is 0 Å². The van der Waals surface area contributed by atoms with E-state index in [4.69, 9.17) is 5.73 Å². The first-order chi connectivity index (χ1) is 7.83. The maximum absolute atomic E-state index is 6.16. The molecular formula is C12H15N3S. The number of thiazole rings is 1. The van der Waals surface area contributed by atoms with E-state index in [1.807, 2.05) is 11.7 Å². The summed E-state index contributed by atoms with van der Waals surface area (Å²) in [5, 5.41) is 0. The van der Waals surface area contributed by atoms with E-state index in [-0.39, 0.29) is 6.04 Å². The molecule has 1 atom stereocenters. The molecule has 0 bridgehead atoms. The van der Waals surface area contributed by atoms with Crippen LogP contribution in [-0.4, -0.2) is 9.55 Å². The van der Waals surface area contributed by atoms with Gasteiger partial charge < -0.3 is 10.3 Å². The lowest BCUT2D eigenvalue weighted by molar-refractivity contribution is 0.631. The molecule has 1 fully saturated rings. The van der Waals surface area contributed by atoms with E-state index < -0.39 is 0 Å². The van der Waals surface area contributed by atoms with Gasteiger partial charge in [0.2, 0.25) is 0 Å². The van der Waals surface area contributed by atoms with Gasteiger partial charge in [-0.1, -0.05) is 0 Å². The largest absolute Gasteiger partial charge is 0.349 e. The van der Waals surface area contributed by atoms with E-state index in [0.717, 1.165) is 12.5 Å². The van der Waals surface area contributed by atoms with E-state index in [1.54, 1.807) is 11.3 Å². The van der Waals surface area contributed by atoms with Gasteiger partial charge in [-0.05, 0) is 30.4 Å². The Hall–Kier alpha value is -1.13. The van der Waals surface area contributed by atoms with Gasteiger partial charge in [-0.3, -0.25) is 4.98 Å². The predicted molar refractivity (Wildman–Crippen MR) is 65.3 cm³/mol. The molecule has 0 spiro atoms. The third kappa shape index (κ3) is 2.03. The van der Waals surface area contributed by atoms with Crippen LogP contribution in [0.5, 0.6) is 0 Å². The van der Waals surface area contributed by atoms with Gasteiger partial charge in [-0.15, -0.1) is 11.3 Å². The van der Waals surface area contributed by atoms with Crippen molar-refractivity contribution in [3.8, 4) is 0 Å². The molecule has 1 aliphatic rings. The smallest absolute Gasteiger partial charge is 0.0794 e. The average molecular weight is 233 g/mol. The summed E-state index contributed by atoms with van der Waals surface area (Å²) in [6, 6.07) is 2.38. The minimum Gasteiger partial charge on any atom is -0.349 e. The van der Waals surface area contributed by atoms with Crippen molar-refractivity contribution in [2.24, 2.45) is 11.7 Å². The molecular weight excluding hydrogens is 218 g/mol. The predicted octanol–water partition coefficient (Wildman–Crippen LogP) is 2.40. The fraction of sp³-hybridized carbons (Fsp3) is 0.417. The maximum atomic E-state index is 6.16. The molecule has 0 radical (unpaired) electrons. The minimum atomic E-state index is 0.239. The van der Waals surface area contributed by atoms with Crippen LogP contribution in [0.25, 0.3) is 0 Å². The number of hydrogen-bond donors (Lipinski definition) is 1. The second kappa shape index (κ2) is 4.03. The topological polar surface area (TPSA) is 43.8 Å². The number of rotatable bonds is 4. The van der Waals surface area contributed by atoms with Crippen LogP contribution in [0, 0.1) is 5.92 Å². The highest BCUT2D eigenvalue weighted by atomic mass is 32.1. The fourth-order valence-corrected chi connectivity index (χ4v) is 2.58. The van der Waals surface area contributed by atoms with Gasteiger partial charge in [0.1, 0.15) is 0 Å². The Morgan fingerprint density at radius 2 is 2.44 bits per heavy atom. The molecule has 1 unspecified atom stereocenters. The van der Waals surface area contributed by atoms with Crippen molar-refractivity contribution in [3.05, 3.63) is 40.6 Å². The Morgan fingerprint density at radius 1 is 1.56 bits per heavy atom. The van der Waals surface area contributed by atoms with Crippen LogP contribution in [0.15, 0.2) is 30.2 Å². The molecule has 0 aliphatic heterocycles. The first-order valence-electron chi connectivity index (χ1n) is 5.61. The van der Waals surface area contributed by atoms with Crippen LogP contribution < -0.4 is 5.73 Å². The lowest BCUT2D eigenvalue weighted by Crippen LogP contribution is -2.11. The molecule has 3 rings (SSSR count). The number of aromatic nitrogens is 2. The van der Waals surface area contributed by atoms with Crippen LogP contribution in [0.2, 0.25) is 0 Å². The summed E-state index contributed by atoms with van der Waals surface area (Å²) in [6.07, 6.45) is 8.79. The highest BCUT2D eigenvalue weighted by Gasteiger charge is 2.29. The zero-order valence-corrected chi connectivity index (χ0v) is 9.86. The van der Waals surface area contributed by atoms with E-state index >= 15 is 0 Å². The van der Waals surface area contributed by atoms with Crippen LogP contribution in [0.3, 0.4) is 0 Å². The van der Waals surface area contributed by atoms with Crippen molar-refractivity contribution < 1.29 is 0 Å². The van der Waals surface area contributed by atoms with E-state index in [2.05, 4.69) is 28.0 Å². The molecule has 3 nitrogen and oxygen atoms in total. The molecule has 4 heteroatoms. The van der Waals surface area contributed by atoms with Crippen LogP contribution in [0.1, 0.15) is 29.3 Å². The third-order valence-electron chi connectivity index (χ3n) is 3.11. The SMILES string of the molecule is NC(c1ccn(Cc2cncs2)c1)C1CC1. The second-order valence-corrected chi connectivity index (χ2v) is 5.42. The Balaban J connectivity index is 1.72. The minimum absolute atomic E-state index is 0.239. The fourth-order valence-electron chi connectivity index (χ4n) is 1.98. The molecule has 16 heavy (non-hydrogen) atoms. The van der Waals surface area contributed by atoms with Crippen molar-refractivity contribution in [2.75, 3.05) is 0 Å². The molecule has 84 valence electrons. The quantitative estimate of drug-likeness (QED) is 0.881. The van der Waals surface area contributed by atoms with E-state index in [9.17, 15) is 0 Å². The summed E-state index contributed by atoms with van der Waals surface area (Å²) in [5.41, 5.74) is 9.31. The van der Waals surface area contributed by atoms with Gasteiger partial charge in [-0.25, -0.2) is 0 Å². The number of nitrogens with zero attached hydrogens (tertiary/aromatic N) is 2. The molecule has 2 aromatic heterocycles. The highest BCUT2D eigenvalue weighted by molar-refractivity contribution is 7.09. The Labute approximate surface area is 98.9 Å². The van der Waals surface area contributed by atoms with E-state index in [1.165, 1.54) is 23.3 Å². The molecule has 0 saturated heterocycles. The van der Waals surface area contributed by atoms with Gasteiger partial charge in [0, 0.05) is 29.5 Å². The van der Waals surface area contributed by atoms with Crippen molar-refractivity contribution in [1.82, 2.24) is 9.55 Å². The molecule has 2 heterocycles. The first-order valence-corrected chi connectivity index (χ1v) is 6.49. The number of hydrogen-bond acceptors (Lipinski definition) is 3. The van der Waals surface area contributed by atoms with Gasteiger partial charge in [0.15, 0.2) is 0 Å².